The number of carbonyl (C=O) groups is 2. The maximum atomic E-state index is 12.5. The third-order valence-electron chi connectivity index (χ3n) is 5.28. The van der Waals surface area contributed by atoms with Crippen LogP contribution in [0.3, 0.4) is 0 Å². The van der Waals surface area contributed by atoms with E-state index in [2.05, 4.69) is 25.3 Å². The fourth-order valence-electron chi connectivity index (χ4n) is 3.66. The number of carbonyl (C=O) groups excluding carboxylic acids is 2. The van der Waals surface area contributed by atoms with Crippen LogP contribution in [0, 0.1) is 13.8 Å². The van der Waals surface area contributed by atoms with Gasteiger partial charge in [0.2, 0.25) is 5.91 Å². The van der Waals surface area contributed by atoms with Crippen LogP contribution in [0.25, 0.3) is 16.7 Å². The summed E-state index contributed by atoms with van der Waals surface area (Å²) in [6.45, 7) is 5.67. The molecule has 0 aliphatic heterocycles. The number of para-hydroxylation sites is 2. The van der Waals surface area contributed by atoms with Crippen LogP contribution in [0.5, 0.6) is 0 Å². The van der Waals surface area contributed by atoms with Gasteiger partial charge in [0.1, 0.15) is 12.2 Å². The van der Waals surface area contributed by atoms with Crippen molar-refractivity contribution in [3.8, 4) is 0 Å². The van der Waals surface area contributed by atoms with Gasteiger partial charge in [-0.25, -0.2) is 15.0 Å². The highest BCUT2D eigenvalue weighted by molar-refractivity contribution is 5.96. The quantitative estimate of drug-likeness (QED) is 0.452. The Morgan fingerprint density at radius 1 is 1.23 bits per heavy atom. The van der Waals surface area contributed by atoms with Crippen molar-refractivity contribution in [2.75, 3.05) is 0 Å². The SMILES string of the molecule is Cc1nc2c(C(N)=O)ncn2c(C)c1CCC(=O)N[C@H](C)c1nc2ccccc2[nH]1. The molecule has 0 spiro atoms. The minimum Gasteiger partial charge on any atom is -0.364 e. The molecule has 4 aromatic rings. The van der Waals surface area contributed by atoms with Gasteiger partial charge in [0, 0.05) is 17.8 Å². The summed E-state index contributed by atoms with van der Waals surface area (Å²) in [5.41, 5.74) is 10.3. The van der Waals surface area contributed by atoms with Gasteiger partial charge in [-0.05, 0) is 44.9 Å². The number of imidazole rings is 2. The van der Waals surface area contributed by atoms with E-state index in [0.717, 1.165) is 33.8 Å². The Morgan fingerprint density at radius 2 is 2.00 bits per heavy atom. The minimum absolute atomic E-state index is 0.0784. The lowest BCUT2D eigenvalue weighted by Crippen LogP contribution is -2.27. The van der Waals surface area contributed by atoms with Gasteiger partial charge in [0.05, 0.1) is 17.1 Å². The van der Waals surface area contributed by atoms with Crippen LogP contribution in [0.4, 0.5) is 0 Å². The summed E-state index contributed by atoms with van der Waals surface area (Å²) in [6, 6.07) is 7.51. The normalized spacial score (nSPS) is 12.4. The number of aromatic nitrogens is 5. The third kappa shape index (κ3) is 3.49. The number of nitrogens with two attached hydrogens (primary N) is 1. The van der Waals surface area contributed by atoms with E-state index < -0.39 is 5.91 Å². The maximum Gasteiger partial charge on any atom is 0.271 e. The number of nitrogens with zero attached hydrogens (tertiary/aromatic N) is 4. The van der Waals surface area contributed by atoms with Gasteiger partial charge in [-0.2, -0.15) is 0 Å². The number of benzene rings is 1. The highest BCUT2D eigenvalue weighted by Crippen LogP contribution is 2.19. The number of rotatable bonds is 6. The first-order valence-corrected chi connectivity index (χ1v) is 9.72. The van der Waals surface area contributed by atoms with Crippen LogP contribution in [-0.4, -0.2) is 36.2 Å². The van der Waals surface area contributed by atoms with Crippen molar-refractivity contribution >= 4 is 28.5 Å². The van der Waals surface area contributed by atoms with Crippen molar-refractivity contribution in [3.63, 3.8) is 0 Å². The second kappa shape index (κ2) is 7.58. The predicted molar refractivity (Wildman–Crippen MR) is 112 cm³/mol. The highest BCUT2D eigenvalue weighted by atomic mass is 16.2. The standard InChI is InChI=1S/C21H23N7O2/c1-11-14(13(3)28-10-23-18(19(22)30)21(28)25-11)8-9-17(29)24-12(2)20-26-15-6-4-5-7-16(15)27-20/h4-7,10,12H,8-9H2,1-3H3,(H2,22,30)(H,24,29)(H,26,27)/t12-/m1/s1. The monoisotopic (exact) mass is 405 g/mol. The van der Waals surface area contributed by atoms with E-state index in [-0.39, 0.29) is 17.6 Å². The summed E-state index contributed by atoms with van der Waals surface area (Å²) in [6.07, 6.45) is 2.35. The van der Waals surface area contributed by atoms with Crippen molar-refractivity contribution in [1.29, 1.82) is 0 Å². The lowest BCUT2D eigenvalue weighted by atomic mass is 10.1. The number of nitrogens with one attached hydrogen (secondary N) is 2. The molecule has 9 nitrogen and oxygen atoms in total. The first kappa shape index (κ1) is 19.6. The topological polar surface area (TPSA) is 131 Å². The second-order valence-electron chi connectivity index (χ2n) is 7.34. The van der Waals surface area contributed by atoms with Gasteiger partial charge in [-0.15, -0.1) is 0 Å². The van der Waals surface area contributed by atoms with Crippen molar-refractivity contribution in [3.05, 3.63) is 59.1 Å². The van der Waals surface area contributed by atoms with E-state index in [1.165, 1.54) is 6.33 Å². The third-order valence-corrected chi connectivity index (χ3v) is 5.28. The molecule has 2 amide bonds. The second-order valence-corrected chi connectivity index (χ2v) is 7.34. The van der Waals surface area contributed by atoms with Gasteiger partial charge >= 0.3 is 0 Å². The molecule has 0 bridgehead atoms. The zero-order valence-corrected chi connectivity index (χ0v) is 17.1. The summed E-state index contributed by atoms with van der Waals surface area (Å²) in [7, 11) is 0. The Labute approximate surface area is 172 Å². The molecule has 0 saturated carbocycles. The van der Waals surface area contributed by atoms with Gasteiger partial charge < -0.3 is 16.0 Å². The average molecular weight is 405 g/mol. The molecule has 4 rings (SSSR count). The van der Waals surface area contributed by atoms with Gasteiger partial charge in [0.15, 0.2) is 11.3 Å². The number of hydrogen-bond acceptors (Lipinski definition) is 5. The Hall–Kier alpha value is -3.75. The molecule has 3 heterocycles. The van der Waals surface area contributed by atoms with Crippen molar-refractivity contribution < 1.29 is 9.59 Å². The molecule has 1 aromatic carbocycles. The Kier molecular flexibility index (Phi) is 4.94. The zero-order valence-electron chi connectivity index (χ0n) is 17.1. The first-order chi connectivity index (χ1) is 14.3. The van der Waals surface area contributed by atoms with Crippen molar-refractivity contribution in [1.82, 2.24) is 29.7 Å². The zero-order chi connectivity index (χ0) is 21.4. The molecule has 0 aliphatic carbocycles. The Morgan fingerprint density at radius 3 is 2.73 bits per heavy atom. The lowest BCUT2D eigenvalue weighted by Gasteiger charge is -2.14. The number of aryl methyl sites for hydroxylation is 2. The van der Waals surface area contributed by atoms with E-state index in [0.29, 0.717) is 18.5 Å². The molecule has 1 atom stereocenters. The van der Waals surface area contributed by atoms with Crippen LogP contribution in [0.1, 0.15) is 52.7 Å². The summed E-state index contributed by atoms with van der Waals surface area (Å²) >= 11 is 0. The first-order valence-electron chi connectivity index (χ1n) is 9.72. The summed E-state index contributed by atoms with van der Waals surface area (Å²) in [5, 5.41) is 2.99. The van der Waals surface area contributed by atoms with Crippen LogP contribution in [0.15, 0.2) is 30.6 Å². The molecule has 9 heteroatoms. The molecule has 3 aromatic heterocycles. The predicted octanol–water partition coefficient (Wildman–Crippen LogP) is 2.13. The molecular weight excluding hydrogens is 382 g/mol. The van der Waals surface area contributed by atoms with Crippen molar-refractivity contribution in [2.24, 2.45) is 5.73 Å². The molecule has 0 fully saturated rings. The molecule has 0 radical (unpaired) electrons. The van der Waals surface area contributed by atoms with E-state index in [1.54, 1.807) is 4.40 Å². The van der Waals surface area contributed by atoms with E-state index in [4.69, 9.17) is 5.73 Å². The number of H-pyrrole nitrogens is 1. The fourth-order valence-corrected chi connectivity index (χ4v) is 3.66. The minimum atomic E-state index is -0.615. The van der Waals surface area contributed by atoms with Crippen LogP contribution in [-0.2, 0) is 11.2 Å². The number of hydrogen-bond donors (Lipinski definition) is 3. The Bertz CT molecular complexity index is 1240. The van der Waals surface area contributed by atoms with Gasteiger partial charge in [-0.1, -0.05) is 12.1 Å². The fraction of sp³-hybridized carbons (Fsp3) is 0.286. The molecule has 154 valence electrons. The summed E-state index contributed by atoms with van der Waals surface area (Å²) in [5.74, 6) is 0.0261. The van der Waals surface area contributed by atoms with E-state index >= 15 is 0 Å². The Balaban J connectivity index is 1.47. The number of aromatic amines is 1. The summed E-state index contributed by atoms with van der Waals surface area (Å²) in [4.78, 5) is 40.4. The maximum absolute atomic E-state index is 12.5. The molecule has 0 aliphatic rings. The molecular formula is C21H23N7O2. The molecule has 4 N–H and O–H groups in total. The van der Waals surface area contributed by atoms with Gasteiger partial charge in [-0.3, -0.25) is 14.0 Å². The largest absolute Gasteiger partial charge is 0.364 e. The van der Waals surface area contributed by atoms with E-state index in [1.807, 2.05) is 45.0 Å². The van der Waals surface area contributed by atoms with Gasteiger partial charge in [0.25, 0.3) is 5.91 Å². The average Bonchev–Trinajstić information content (AvgIpc) is 3.32. The van der Waals surface area contributed by atoms with Crippen molar-refractivity contribution in [2.45, 2.75) is 39.7 Å². The van der Waals surface area contributed by atoms with Crippen LogP contribution >= 0.6 is 0 Å². The van der Waals surface area contributed by atoms with Crippen LogP contribution in [0.2, 0.25) is 0 Å². The molecule has 0 unspecified atom stereocenters. The molecule has 30 heavy (non-hydrogen) atoms. The van der Waals surface area contributed by atoms with Crippen LogP contribution < -0.4 is 11.1 Å². The number of primary amides is 1. The molecule has 0 saturated heterocycles. The highest BCUT2D eigenvalue weighted by Gasteiger charge is 2.18. The smallest absolute Gasteiger partial charge is 0.271 e. The van der Waals surface area contributed by atoms with E-state index in [9.17, 15) is 9.59 Å². The number of fused-ring (bicyclic) bond motifs is 2. The summed E-state index contributed by atoms with van der Waals surface area (Å²) < 4.78 is 1.73. The lowest BCUT2D eigenvalue weighted by molar-refractivity contribution is -0.121. The number of amides is 2.